The topological polar surface area (TPSA) is 83.3 Å². The monoisotopic (exact) mass is 448 g/mol. The third-order valence-corrected chi connectivity index (χ3v) is 4.61. The predicted octanol–water partition coefficient (Wildman–Crippen LogP) is 4.24. The quantitative estimate of drug-likeness (QED) is 0.484. The van der Waals surface area contributed by atoms with Crippen LogP contribution in [0.4, 0.5) is 8.78 Å². The minimum absolute atomic E-state index is 0.0740. The predicted molar refractivity (Wildman–Crippen MR) is 110 cm³/mol. The number of hydrogen-bond donors (Lipinski definition) is 0. The maximum absolute atomic E-state index is 12.8. The number of methoxy groups -OCH3 is 3. The van der Waals surface area contributed by atoms with Crippen molar-refractivity contribution in [2.45, 2.75) is 13.2 Å². The van der Waals surface area contributed by atoms with E-state index in [1.54, 1.807) is 31.3 Å². The van der Waals surface area contributed by atoms with Crippen molar-refractivity contribution in [2.24, 2.45) is 0 Å². The molecule has 1 aromatic heterocycles. The number of benzene rings is 2. The SMILES string of the molecule is COc1ccc(OC)c(-c2cc(C(=O)N(C)Cc3ccc(OC)c(OC(F)F)c3)no2)c1. The number of hydrogen-bond acceptors (Lipinski definition) is 7. The summed E-state index contributed by atoms with van der Waals surface area (Å²) in [5.74, 6) is 1.07. The first-order valence-electron chi connectivity index (χ1n) is 9.42. The normalized spacial score (nSPS) is 10.7. The fourth-order valence-electron chi connectivity index (χ4n) is 3.06. The Morgan fingerprint density at radius 2 is 1.72 bits per heavy atom. The van der Waals surface area contributed by atoms with Crippen LogP contribution < -0.4 is 18.9 Å². The molecule has 0 unspecified atom stereocenters. The molecule has 0 N–H and O–H groups in total. The van der Waals surface area contributed by atoms with Gasteiger partial charge in [0.15, 0.2) is 23.0 Å². The average molecular weight is 448 g/mol. The molecule has 0 radical (unpaired) electrons. The number of carbonyl (C=O) groups is 1. The molecule has 1 heterocycles. The van der Waals surface area contributed by atoms with E-state index in [-0.39, 0.29) is 23.7 Å². The zero-order chi connectivity index (χ0) is 23.3. The number of aromatic nitrogens is 1. The highest BCUT2D eigenvalue weighted by Gasteiger charge is 2.21. The van der Waals surface area contributed by atoms with Crippen molar-refractivity contribution in [1.82, 2.24) is 10.1 Å². The molecular weight excluding hydrogens is 426 g/mol. The van der Waals surface area contributed by atoms with Crippen LogP contribution in [0.2, 0.25) is 0 Å². The van der Waals surface area contributed by atoms with Gasteiger partial charge in [-0.25, -0.2) is 0 Å². The van der Waals surface area contributed by atoms with E-state index < -0.39 is 12.5 Å². The smallest absolute Gasteiger partial charge is 0.387 e. The number of amides is 1. The molecule has 8 nitrogen and oxygen atoms in total. The second kappa shape index (κ2) is 9.99. The summed E-state index contributed by atoms with van der Waals surface area (Å²) in [6.07, 6.45) is 0. The Morgan fingerprint density at radius 3 is 2.38 bits per heavy atom. The summed E-state index contributed by atoms with van der Waals surface area (Å²) in [6, 6.07) is 11.2. The van der Waals surface area contributed by atoms with Crippen molar-refractivity contribution in [3.05, 3.63) is 53.7 Å². The Kier molecular flexibility index (Phi) is 7.14. The Morgan fingerprint density at radius 1 is 1.00 bits per heavy atom. The van der Waals surface area contributed by atoms with Gasteiger partial charge in [-0.3, -0.25) is 4.79 Å². The first-order valence-corrected chi connectivity index (χ1v) is 9.42. The molecule has 32 heavy (non-hydrogen) atoms. The van der Waals surface area contributed by atoms with Crippen LogP contribution in [-0.4, -0.2) is 51.0 Å². The van der Waals surface area contributed by atoms with E-state index in [0.717, 1.165) is 0 Å². The molecule has 2 aromatic carbocycles. The van der Waals surface area contributed by atoms with E-state index in [1.165, 1.54) is 44.4 Å². The Bertz CT molecular complexity index is 1090. The second-order valence-electron chi connectivity index (χ2n) is 6.67. The Hall–Kier alpha value is -3.82. The van der Waals surface area contributed by atoms with E-state index in [0.29, 0.717) is 28.4 Å². The number of rotatable bonds is 9. The molecule has 0 aliphatic rings. The lowest BCUT2D eigenvalue weighted by molar-refractivity contribution is -0.0512. The number of halogens is 2. The highest BCUT2D eigenvalue weighted by Crippen LogP contribution is 2.34. The molecule has 10 heteroatoms. The summed E-state index contributed by atoms with van der Waals surface area (Å²) in [7, 11) is 5.96. The van der Waals surface area contributed by atoms with Gasteiger partial charge in [0.2, 0.25) is 0 Å². The van der Waals surface area contributed by atoms with Crippen LogP contribution in [0.5, 0.6) is 23.0 Å². The third kappa shape index (κ3) is 5.08. The molecule has 3 rings (SSSR count). The fraction of sp³-hybridized carbons (Fsp3) is 0.273. The van der Waals surface area contributed by atoms with Crippen LogP contribution in [0.1, 0.15) is 16.1 Å². The van der Waals surface area contributed by atoms with Crippen LogP contribution in [0.25, 0.3) is 11.3 Å². The van der Waals surface area contributed by atoms with Gasteiger partial charge in [0.1, 0.15) is 11.5 Å². The summed E-state index contributed by atoms with van der Waals surface area (Å²) in [4.78, 5) is 14.2. The summed E-state index contributed by atoms with van der Waals surface area (Å²) < 4.78 is 50.7. The maximum Gasteiger partial charge on any atom is 0.387 e. The standard InChI is InChI=1S/C22H22F2N2O6/c1-26(12-13-5-7-18(30-4)20(9-13)31-22(23)24)21(27)16-11-19(32-25-16)15-10-14(28-2)6-8-17(15)29-3/h5-11,22H,12H2,1-4H3. The van der Waals surface area contributed by atoms with E-state index >= 15 is 0 Å². The van der Waals surface area contributed by atoms with Gasteiger partial charge in [-0.2, -0.15) is 8.78 Å². The number of nitrogens with zero attached hydrogens (tertiary/aromatic N) is 2. The largest absolute Gasteiger partial charge is 0.497 e. The minimum atomic E-state index is -3.00. The first-order chi connectivity index (χ1) is 15.4. The minimum Gasteiger partial charge on any atom is -0.497 e. The number of alkyl halides is 2. The number of carbonyl (C=O) groups excluding carboxylic acids is 1. The molecule has 1 amide bonds. The lowest BCUT2D eigenvalue weighted by Crippen LogP contribution is -2.26. The highest BCUT2D eigenvalue weighted by molar-refractivity contribution is 5.93. The van der Waals surface area contributed by atoms with Crippen molar-refractivity contribution in [3.8, 4) is 34.3 Å². The molecule has 0 spiro atoms. The van der Waals surface area contributed by atoms with Crippen LogP contribution >= 0.6 is 0 Å². The van der Waals surface area contributed by atoms with Crippen molar-refractivity contribution in [1.29, 1.82) is 0 Å². The van der Waals surface area contributed by atoms with Crippen LogP contribution in [0.15, 0.2) is 47.0 Å². The fourth-order valence-corrected chi connectivity index (χ4v) is 3.06. The second-order valence-corrected chi connectivity index (χ2v) is 6.67. The molecule has 3 aromatic rings. The summed E-state index contributed by atoms with van der Waals surface area (Å²) >= 11 is 0. The summed E-state index contributed by atoms with van der Waals surface area (Å²) in [5.41, 5.74) is 1.21. The Labute approximate surface area is 183 Å². The van der Waals surface area contributed by atoms with E-state index in [9.17, 15) is 13.6 Å². The first kappa shape index (κ1) is 22.9. The maximum atomic E-state index is 12.8. The lowest BCUT2D eigenvalue weighted by atomic mass is 10.1. The number of ether oxygens (including phenoxy) is 4. The molecule has 0 atom stereocenters. The Balaban J connectivity index is 1.79. The van der Waals surface area contributed by atoms with Crippen LogP contribution in [0, 0.1) is 0 Å². The zero-order valence-corrected chi connectivity index (χ0v) is 17.9. The zero-order valence-electron chi connectivity index (χ0n) is 17.9. The van der Waals surface area contributed by atoms with Crippen molar-refractivity contribution >= 4 is 5.91 Å². The van der Waals surface area contributed by atoms with E-state index in [2.05, 4.69) is 9.89 Å². The van der Waals surface area contributed by atoms with Gasteiger partial charge < -0.3 is 28.4 Å². The van der Waals surface area contributed by atoms with Gasteiger partial charge in [-0.05, 0) is 35.9 Å². The van der Waals surface area contributed by atoms with Gasteiger partial charge in [0, 0.05) is 19.7 Å². The molecule has 0 saturated carbocycles. The van der Waals surface area contributed by atoms with Crippen molar-refractivity contribution in [2.75, 3.05) is 28.4 Å². The highest BCUT2D eigenvalue weighted by atomic mass is 19.3. The van der Waals surface area contributed by atoms with Gasteiger partial charge in [-0.1, -0.05) is 11.2 Å². The molecule has 170 valence electrons. The lowest BCUT2D eigenvalue weighted by Gasteiger charge is -2.17. The molecule has 0 aliphatic heterocycles. The average Bonchev–Trinajstić information content (AvgIpc) is 3.28. The van der Waals surface area contributed by atoms with E-state index in [4.69, 9.17) is 18.7 Å². The van der Waals surface area contributed by atoms with Crippen molar-refractivity contribution < 1.29 is 37.0 Å². The third-order valence-electron chi connectivity index (χ3n) is 4.61. The van der Waals surface area contributed by atoms with Crippen molar-refractivity contribution in [3.63, 3.8) is 0 Å². The van der Waals surface area contributed by atoms with Gasteiger partial charge in [0.05, 0.1) is 26.9 Å². The van der Waals surface area contributed by atoms with Gasteiger partial charge in [0.25, 0.3) is 5.91 Å². The molecule has 0 aliphatic carbocycles. The molecular formula is C22H22F2N2O6. The molecule has 0 saturated heterocycles. The van der Waals surface area contributed by atoms with Gasteiger partial charge >= 0.3 is 6.61 Å². The summed E-state index contributed by atoms with van der Waals surface area (Å²) in [5, 5.41) is 3.86. The summed E-state index contributed by atoms with van der Waals surface area (Å²) in [6.45, 7) is -2.88. The van der Waals surface area contributed by atoms with Gasteiger partial charge in [-0.15, -0.1) is 0 Å². The van der Waals surface area contributed by atoms with E-state index in [1.807, 2.05) is 0 Å². The molecule has 0 fully saturated rings. The molecule has 0 bridgehead atoms. The van der Waals surface area contributed by atoms with Crippen LogP contribution in [0.3, 0.4) is 0 Å². The van der Waals surface area contributed by atoms with Crippen LogP contribution in [-0.2, 0) is 6.54 Å².